The van der Waals surface area contributed by atoms with Gasteiger partial charge < -0.3 is 0 Å². The smallest absolute Gasteiger partial charge is 0.251 e. The Morgan fingerprint density at radius 1 is 1.31 bits per heavy atom. The first-order chi connectivity index (χ1) is 12.3. The third-order valence-electron chi connectivity index (χ3n) is 3.79. The fraction of sp³-hybridized carbons (Fsp3) is 0.250. The Morgan fingerprint density at radius 3 is 2.62 bits per heavy atom. The third kappa shape index (κ3) is 4.08. The highest BCUT2D eigenvalue weighted by atomic mass is 79.9. The Labute approximate surface area is 168 Å². The summed E-state index contributed by atoms with van der Waals surface area (Å²) < 4.78 is 3.98. The van der Waals surface area contributed by atoms with Crippen LogP contribution in [0.25, 0.3) is 0 Å². The van der Waals surface area contributed by atoms with E-state index in [0.717, 1.165) is 15.7 Å². The molecule has 10 heteroatoms. The molecule has 1 atom stereocenters. The Hall–Kier alpha value is -1.90. The molecular formula is C16H15BrCl2N6O. The van der Waals surface area contributed by atoms with Crippen molar-refractivity contribution in [2.45, 2.75) is 26.4 Å². The topological polar surface area (TPSA) is 77.6 Å². The predicted octanol–water partition coefficient (Wildman–Crippen LogP) is 4.10. The minimum atomic E-state index is -0.509. The number of nitrogens with one attached hydrogen (secondary N) is 1. The molecule has 26 heavy (non-hydrogen) atoms. The van der Waals surface area contributed by atoms with Gasteiger partial charge in [0.2, 0.25) is 5.95 Å². The van der Waals surface area contributed by atoms with E-state index < -0.39 is 6.04 Å². The maximum absolute atomic E-state index is 12.4. The van der Waals surface area contributed by atoms with Crippen LogP contribution in [0.2, 0.25) is 10.0 Å². The zero-order valence-electron chi connectivity index (χ0n) is 13.9. The summed E-state index contributed by atoms with van der Waals surface area (Å²) >= 11 is 15.7. The molecule has 1 aromatic carbocycles. The molecule has 2 heterocycles. The number of carbonyl (C=O) groups is 1. The van der Waals surface area contributed by atoms with Crippen molar-refractivity contribution in [3.63, 3.8) is 0 Å². The Kier molecular flexibility index (Phi) is 5.64. The minimum Gasteiger partial charge on any atom is -0.291 e. The molecule has 0 fully saturated rings. The lowest BCUT2D eigenvalue weighted by atomic mass is 10.2. The molecule has 1 amide bonds. The molecule has 2 aromatic heterocycles. The van der Waals surface area contributed by atoms with Crippen LogP contribution >= 0.6 is 39.1 Å². The molecule has 0 aliphatic heterocycles. The van der Waals surface area contributed by atoms with Crippen LogP contribution in [0, 0.1) is 6.92 Å². The number of hydrogen-bond donors (Lipinski definition) is 1. The van der Waals surface area contributed by atoms with Crippen LogP contribution in [-0.2, 0) is 11.3 Å². The minimum absolute atomic E-state index is 0.202. The highest BCUT2D eigenvalue weighted by molar-refractivity contribution is 9.10. The van der Waals surface area contributed by atoms with E-state index >= 15 is 0 Å². The quantitative estimate of drug-likeness (QED) is 0.625. The summed E-state index contributed by atoms with van der Waals surface area (Å²) in [6.45, 7) is 3.95. The van der Waals surface area contributed by atoms with Gasteiger partial charge in [-0.15, -0.1) is 5.10 Å². The van der Waals surface area contributed by atoms with Gasteiger partial charge in [-0.2, -0.15) is 5.10 Å². The molecule has 0 aliphatic rings. The molecule has 136 valence electrons. The molecule has 3 aromatic rings. The molecule has 0 bridgehead atoms. The van der Waals surface area contributed by atoms with E-state index in [1.54, 1.807) is 40.7 Å². The van der Waals surface area contributed by atoms with Gasteiger partial charge in [-0.1, -0.05) is 29.3 Å². The first kappa shape index (κ1) is 18.9. The van der Waals surface area contributed by atoms with E-state index in [0.29, 0.717) is 16.6 Å². The van der Waals surface area contributed by atoms with Crippen molar-refractivity contribution in [3.8, 4) is 0 Å². The van der Waals surface area contributed by atoms with Gasteiger partial charge in [-0.25, -0.2) is 9.67 Å². The van der Waals surface area contributed by atoms with Crippen molar-refractivity contribution in [2.24, 2.45) is 0 Å². The van der Waals surface area contributed by atoms with E-state index in [1.165, 1.54) is 6.33 Å². The van der Waals surface area contributed by atoms with Crippen molar-refractivity contribution in [2.75, 3.05) is 5.32 Å². The number of aryl methyl sites for hydroxylation is 1. The lowest BCUT2D eigenvalue weighted by Gasteiger charge is -2.10. The fourth-order valence-corrected chi connectivity index (χ4v) is 3.07. The number of aromatic nitrogens is 5. The van der Waals surface area contributed by atoms with Crippen LogP contribution in [0.3, 0.4) is 0 Å². The van der Waals surface area contributed by atoms with Gasteiger partial charge >= 0.3 is 0 Å². The second-order valence-electron chi connectivity index (χ2n) is 5.67. The number of halogens is 3. The number of benzene rings is 1. The predicted molar refractivity (Wildman–Crippen MR) is 104 cm³/mol. The average Bonchev–Trinajstić information content (AvgIpc) is 3.17. The first-order valence-electron chi connectivity index (χ1n) is 7.69. The van der Waals surface area contributed by atoms with Gasteiger partial charge in [0.25, 0.3) is 5.91 Å². The number of amides is 1. The SMILES string of the molecule is Cc1nn(C(C)C(=O)Nc2ncn(Cc3c(Cl)cccc3Cl)n2)cc1Br. The molecule has 0 aliphatic carbocycles. The van der Waals surface area contributed by atoms with Crippen LogP contribution < -0.4 is 5.32 Å². The molecule has 3 rings (SSSR count). The zero-order chi connectivity index (χ0) is 18.8. The largest absolute Gasteiger partial charge is 0.291 e. The van der Waals surface area contributed by atoms with Crippen LogP contribution in [-0.4, -0.2) is 30.5 Å². The van der Waals surface area contributed by atoms with Gasteiger partial charge in [-0.3, -0.25) is 14.8 Å². The number of rotatable bonds is 5. The molecule has 0 saturated carbocycles. The molecule has 1 unspecified atom stereocenters. The Bertz CT molecular complexity index is 914. The Balaban J connectivity index is 1.69. The molecule has 0 radical (unpaired) electrons. The maximum atomic E-state index is 12.4. The first-order valence-corrected chi connectivity index (χ1v) is 9.24. The van der Waals surface area contributed by atoms with Crippen LogP contribution in [0.15, 0.2) is 35.2 Å². The van der Waals surface area contributed by atoms with E-state index in [2.05, 4.69) is 36.4 Å². The summed E-state index contributed by atoms with van der Waals surface area (Å²) in [5, 5.41) is 12.3. The summed E-state index contributed by atoms with van der Waals surface area (Å²) in [7, 11) is 0. The second kappa shape index (κ2) is 7.77. The normalized spacial score (nSPS) is 12.2. The monoisotopic (exact) mass is 456 g/mol. The molecule has 0 spiro atoms. The van der Waals surface area contributed by atoms with Crippen molar-refractivity contribution in [1.82, 2.24) is 24.5 Å². The summed E-state index contributed by atoms with van der Waals surface area (Å²) in [5.41, 5.74) is 1.55. The zero-order valence-corrected chi connectivity index (χ0v) is 17.0. The van der Waals surface area contributed by atoms with E-state index in [1.807, 2.05) is 6.92 Å². The van der Waals surface area contributed by atoms with Gasteiger partial charge in [0.15, 0.2) is 0 Å². The maximum Gasteiger partial charge on any atom is 0.251 e. The number of carbonyl (C=O) groups excluding carboxylic acids is 1. The summed E-state index contributed by atoms with van der Waals surface area (Å²) in [6, 6.07) is 4.78. The molecule has 1 N–H and O–H groups in total. The highest BCUT2D eigenvalue weighted by Crippen LogP contribution is 2.25. The van der Waals surface area contributed by atoms with E-state index in [4.69, 9.17) is 23.2 Å². The lowest BCUT2D eigenvalue weighted by Crippen LogP contribution is -2.24. The highest BCUT2D eigenvalue weighted by Gasteiger charge is 2.19. The van der Waals surface area contributed by atoms with Gasteiger partial charge in [0.1, 0.15) is 12.4 Å². The van der Waals surface area contributed by atoms with E-state index in [-0.39, 0.29) is 11.9 Å². The summed E-state index contributed by atoms with van der Waals surface area (Å²) in [5.74, 6) is -0.0681. The lowest BCUT2D eigenvalue weighted by molar-refractivity contribution is -0.119. The van der Waals surface area contributed by atoms with Crippen molar-refractivity contribution in [3.05, 3.63) is 56.5 Å². The van der Waals surface area contributed by atoms with Crippen LogP contribution in [0.1, 0.15) is 24.2 Å². The summed E-state index contributed by atoms with van der Waals surface area (Å²) in [4.78, 5) is 16.5. The van der Waals surface area contributed by atoms with Crippen LogP contribution in [0.5, 0.6) is 0 Å². The Morgan fingerprint density at radius 2 is 2.00 bits per heavy atom. The average molecular weight is 458 g/mol. The van der Waals surface area contributed by atoms with Gasteiger partial charge in [0, 0.05) is 21.8 Å². The standard InChI is InChI=1S/C16H15BrCl2N6O/c1-9-12(17)7-25(22-9)10(2)15(26)21-16-20-8-24(23-16)6-11-13(18)4-3-5-14(11)19/h3-5,7-8,10H,6H2,1-2H3,(H,21,23,26). The molecule has 0 saturated heterocycles. The van der Waals surface area contributed by atoms with Crippen molar-refractivity contribution >= 4 is 51.0 Å². The van der Waals surface area contributed by atoms with Crippen molar-refractivity contribution < 1.29 is 4.79 Å². The van der Waals surface area contributed by atoms with E-state index in [9.17, 15) is 4.79 Å². The fourth-order valence-electron chi connectivity index (χ4n) is 2.27. The number of nitrogens with zero attached hydrogens (tertiary/aromatic N) is 5. The number of anilines is 1. The van der Waals surface area contributed by atoms with Crippen LogP contribution in [0.4, 0.5) is 5.95 Å². The van der Waals surface area contributed by atoms with Gasteiger partial charge in [-0.05, 0) is 41.9 Å². The summed E-state index contributed by atoms with van der Waals surface area (Å²) in [6.07, 6.45) is 3.26. The molecular weight excluding hydrogens is 443 g/mol. The van der Waals surface area contributed by atoms with Gasteiger partial charge in [0.05, 0.1) is 16.7 Å². The molecule has 7 nitrogen and oxygen atoms in total. The third-order valence-corrected chi connectivity index (χ3v) is 5.27. The second-order valence-corrected chi connectivity index (χ2v) is 7.34. The van der Waals surface area contributed by atoms with Crippen molar-refractivity contribution in [1.29, 1.82) is 0 Å². The number of hydrogen-bond acceptors (Lipinski definition) is 4.